The molecule has 3 rings (SSSR count). The van der Waals surface area contributed by atoms with Gasteiger partial charge in [-0.25, -0.2) is 0 Å². The van der Waals surface area contributed by atoms with Crippen molar-refractivity contribution >= 4 is 11.8 Å². The van der Waals surface area contributed by atoms with Gasteiger partial charge in [-0.3, -0.25) is 19.5 Å². The van der Waals surface area contributed by atoms with E-state index in [-0.39, 0.29) is 18.2 Å². The van der Waals surface area contributed by atoms with Crippen LogP contribution in [0.4, 0.5) is 0 Å². The number of pyridine rings is 1. The Bertz CT molecular complexity index is 797. The monoisotopic (exact) mass is 382 g/mol. The van der Waals surface area contributed by atoms with Crippen LogP contribution in [0.15, 0.2) is 48.8 Å². The highest BCUT2D eigenvalue weighted by atomic mass is 16.5. The maximum atomic E-state index is 12.4. The van der Waals surface area contributed by atoms with E-state index in [2.05, 4.69) is 15.6 Å². The summed E-state index contributed by atoms with van der Waals surface area (Å²) in [6, 6.07) is 11.0. The maximum absolute atomic E-state index is 12.4. The Kier molecular flexibility index (Phi) is 6.97. The van der Waals surface area contributed by atoms with Gasteiger partial charge in [-0.05, 0) is 30.7 Å². The average molecular weight is 382 g/mol. The van der Waals surface area contributed by atoms with Crippen molar-refractivity contribution in [3.05, 3.63) is 59.9 Å². The molecule has 1 unspecified atom stereocenters. The molecule has 0 aliphatic carbocycles. The van der Waals surface area contributed by atoms with Gasteiger partial charge in [0.05, 0.1) is 19.1 Å². The van der Waals surface area contributed by atoms with E-state index in [1.54, 1.807) is 12.4 Å². The van der Waals surface area contributed by atoms with Gasteiger partial charge in [0, 0.05) is 44.1 Å². The Morgan fingerprint density at radius 1 is 1.29 bits per heavy atom. The Morgan fingerprint density at radius 3 is 2.86 bits per heavy atom. The number of hydrogen-bond donors (Lipinski definition) is 2. The molecular weight excluding hydrogens is 356 g/mol. The molecule has 0 spiro atoms. The van der Waals surface area contributed by atoms with Crippen molar-refractivity contribution in [2.24, 2.45) is 0 Å². The molecule has 2 aromatic rings. The Labute approximate surface area is 165 Å². The van der Waals surface area contributed by atoms with Crippen molar-refractivity contribution < 1.29 is 14.3 Å². The van der Waals surface area contributed by atoms with Crippen molar-refractivity contribution in [1.29, 1.82) is 0 Å². The highest BCUT2D eigenvalue weighted by Crippen LogP contribution is 2.22. The Morgan fingerprint density at radius 2 is 2.07 bits per heavy atom. The van der Waals surface area contributed by atoms with E-state index >= 15 is 0 Å². The number of rotatable bonds is 8. The minimum absolute atomic E-state index is 0.112. The van der Waals surface area contributed by atoms with Crippen LogP contribution in [-0.2, 0) is 22.7 Å². The predicted octanol–water partition coefficient (Wildman–Crippen LogP) is 1.49. The van der Waals surface area contributed by atoms with E-state index in [0.717, 1.165) is 16.9 Å². The standard InChI is InChI=1S/C21H26N4O3/c1-2-28-19-6-4-3-5-17(19)15-25-12-11-23-21(27)18(25)13-20(26)24-14-16-7-9-22-10-8-16/h3-10,18H,2,11-15H2,1H3,(H,23,27)(H,24,26). The van der Waals surface area contributed by atoms with Crippen LogP contribution >= 0.6 is 0 Å². The number of piperazine rings is 1. The first-order chi connectivity index (χ1) is 13.7. The van der Waals surface area contributed by atoms with Gasteiger partial charge in [0.15, 0.2) is 0 Å². The number of carbonyl (C=O) groups excluding carboxylic acids is 2. The van der Waals surface area contributed by atoms with Crippen molar-refractivity contribution in [3.63, 3.8) is 0 Å². The zero-order valence-electron chi connectivity index (χ0n) is 16.1. The smallest absolute Gasteiger partial charge is 0.237 e. The van der Waals surface area contributed by atoms with Crippen LogP contribution in [0.25, 0.3) is 0 Å². The summed E-state index contributed by atoms with van der Waals surface area (Å²) in [7, 11) is 0. The fourth-order valence-corrected chi connectivity index (χ4v) is 3.27. The molecule has 1 fully saturated rings. The quantitative estimate of drug-likeness (QED) is 0.723. The number of carbonyl (C=O) groups is 2. The molecule has 1 saturated heterocycles. The predicted molar refractivity (Wildman–Crippen MR) is 106 cm³/mol. The SMILES string of the molecule is CCOc1ccccc1CN1CCNC(=O)C1CC(=O)NCc1ccncc1. The van der Waals surface area contributed by atoms with E-state index in [1.165, 1.54) is 0 Å². The average Bonchev–Trinajstić information content (AvgIpc) is 2.71. The second-order valence-corrected chi connectivity index (χ2v) is 6.65. The van der Waals surface area contributed by atoms with Crippen LogP contribution in [0, 0.1) is 0 Å². The first-order valence-corrected chi connectivity index (χ1v) is 9.55. The van der Waals surface area contributed by atoms with E-state index in [1.807, 2.05) is 48.2 Å². The summed E-state index contributed by atoms with van der Waals surface area (Å²) in [4.78, 5) is 30.9. The van der Waals surface area contributed by atoms with Gasteiger partial charge >= 0.3 is 0 Å². The summed E-state index contributed by atoms with van der Waals surface area (Å²) < 4.78 is 5.70. The third kappa shape index (κ3) is 5.29. The van der Waals surface area contributed by atoms with Crippen LogP contribution in [-0.4, -0.2) is 47.4 Å². The van der Waals surface area contributed by atoms with Gasteiger partial charge in [0.25, 0.3) is 0 Å². The fraction of sp³-hybridized carbons (Fsp3) is 0.381. The van der Waals surface area contributed by atoms with Crippen LogP contribution < -0.4 is 15.4 Å². The minimum atomic E-state index is -0.499. The maximum Gasteiger partial charge on any atom is 0.237 e. The van der Waals surface area contributed by atoms with Gasteiger partial charge in [0.1, 0.15) is 5.75 Å². The first kappa shape index (κ1) is 19.8. The summed E-state index contributed by atoms with van der Waals surface area (Å²) in [5.74, 6) is 0.554. The molecule has 7 heteroatoms. The molecule has 1 aromatic heterocycles. The van der Waals surface area contributed by atoms with E-state index in [4.69, 9.17) is 4.74 Å². The molecule has 2 N–H and O–H groups in total. The number of amides is 2. The second kappa shape index (κ2) is 9.85. The zero-order chi connectivity index (χ0) is 19.8. The number of nitrogens with zero attached hydrogens (tertiary/aromatic N) is 2. The molecule has 1 atom stereocenters. The lowest BCUT2D eigenvalue weighted by Gasteiger charge is -2.35. The summed E-state index contributed by atoms with van der Waals surface area (Å²) in [5.41, 5.74) is 1.99. The zero-order valence-corrected chi connectivity index (χ0v) is 16.1. The summed E-state index contributed by atoms with van der Waals surface area (Å²) >= 11 is 0. The summed E-state index contributed by atoms with van der Waals surface area (Å²) in [6.45, 7) is 4.77. The molecule has 2 amide bonds. The highest BCUT2D eigenvalue weighted by molar-refractivity contribution is 5.88. The normalized spacial score (nSPS) is 17.0. The summed E-state index contributed by atoms with van der Waals surface area (Å²) in [5, 5.41) is 5.75. The lowest BCUT2D eigenvalue weighted by Crippen LogP contribution is -2.56. The number of nitrogens with one attached hydrogen (secondary N) is 2. The molecule has 148 valence electrons. The van der Waals surface area contributed by atoms with Crippen molar-refractivity contribution in [1.82, 2.24) is 20.5 Å². The van der Waals surface area contributed by atoms with Crippen molar-refractivity contribution in [3.8, 4) is 5.75 Å². The van der Waals surface area contributed by atoms with Crippen LogP contribution in [0.3, 0.4) is 0 Å². The van der Waals surface area contributed by atoms with E-state index in [0.29, 0.717) is 32.8 Å². The summed E-state index contributed by atoms with van der Waals surface area (Å²) in [6.07, 6.45) is 3.50. The third-order valence-corrected chi connectivity index (χ3v) is 4.71. The topological polar surface area (TPSA) is 83.6 Å². The van der Waals surface area contributed by atoms with Gasteiger partial charge in [-0.2, -0.15) is 0 Å². The van der Waals surface area contributed by atoms with Gasteiger partial charge in [-0.15, -0.1) is 0 Å². The number of ether oxygens (including phenoxy) is 1. The molecule has 2 heterocycles. The van der Waals surface area contributed by atoms with Crippen LogP contribution in [0.1, 0.15) is 24.5 Å². The number of hydrogen-bond acceptors (Lipinski definition) is 5. The largest absolute Gasteiger partial charge is 0.494 e. The van der Waals surface area contributed by atoms with Crippen LogP contribution in [0.2, 0.25) is 0 Å². The molecule has 1 aliphatic heterocycles. The fourth-order valence-electron chi connectivity index (χ4n) is 3.27. The highest BCUT2D eigenvalue weighted by Gasteiger charge is 2.32. The minimum Gasteiger partial charge on any atom is -0.494 e. The number of aromatic nitrogens is 1. The molecule has 1 aliphatic rings. The molecule has 28 heavy (non-hydrogen) atoms. The number of para-hydroxylation sites is 1. The molecule has 1 aromatic carbocycles. The molecule has 0 radical (unpaired) electrons. The lowest BCUT2D eigenvalue weighted by molar-refractivity contribution is -0.134. The molecule has 0 saturated carbocycles. The third-order valence-electron chi connectivity index (χ3n) is 4.71. The Hall–Kier alpha value is -2.93. The molecular formula is C21H26N4O3. The van der Waals surface area contributed by atoms with Crippen molar-refractivity contribution in [2.75, 3.05) is 19.7 Å². The van der Waals surface area contributed by atoms with Gasteiger partial charge in [-0.1, -0.05) is 18.2 Å². The molecule has 0 bridgehead atoms. The molecule has 7 nitrogen and oxygen atoms in total. The van der Waals surface area contributed by atoms with Crippen molar-refractivity contribution in [2.45, 2.75) is 32.5 Å². The second-order valence-electron chi connectivity index (χ2n) is 6.65. The number of benzene rings is 1. The van der Waals surface area contributed by atoms with E-state index < -0.39 is 6.04 Å². The first-order valence-electron chi connectivity index (χ1n) is 9.55. The van der Waals surface area contributed by atoms with Crippen LogP contribution in [0.5, 0.6) is 5.75 Å². The lowest BCUT2D eigenvalue weighted by atomic mass is 10.1. The van der Waals surface area contributed by atoms with Gasteiger partial charge in [0.2, 0.25) is 11.8 Å². The Balaban J connectivity index is 1.64. The van der Waals surface area contributed by atoms with Gasteiger partial charge < -0.3 is 15.4 Å². The van der Waals surface area contributed by atoms with E-state index in [9.17, 15) is 9.59 Å².